The molecule has 26 heavy (non-hydrogen) atoms. The lowest BCUT2D eigenvalue weighted by Gasteiger charge is -2.18. The van der Waals surface area contributed by atoms with Crippen molar-refractivity contribution in [2.24, 2.45) is 5.92 Å². The third-order valence-corrected chi connectivity index (χ3v) is 3.90. The van der Waals surface area contributed by atoms with Gasteiger partial charge in [-0.05, 0) is 18.1 Å². The summed E-state index contributed by atoms with van der Waals surface area (Å²) in [5.41, 5.74) is -0.537. The Morgan fingerprint density at radius 1 is 1.27 bits per heavy atom. The summed E-state index contributed by atoms with van der Waals surface area (Å²) in [6, 6.07) is 2.27. The van der Waals surface area contributed by atoms with Crippen LogP contribution in [0.5, 0.6) is 11.5 Å². The smallest absolute Gasteiger partial charge is 0.326 e. The third-order valence-electron chi connectivity index (χ3n) is 3.90. The predicted octanol–water partition coefficient (Wildman–Crippen LogP) is 0.639. The van der Waals surface area contributed by atoms with E-state index in [2.05, 4.69) is 10.4 Å². The number of rotatable bonds is 7. The second-order valence-corrected chi connectivity index (χ2v) is 6.00. The van der Waals surface area contributed by atoms with Crippen LogP contribution in [-0.4, -0.2) is 47.0 Å². The van der Waals surface area contributed by atoms with Gasteiger partial charge in [-0.3, -0.25) is 9.59 Å². The van der Waals surface area contributed by atoms with Gasteiger partial charge in [-0.1, -0.05) is 13.8 Å². The van der Waals surface area contributed by atoms with Crippen LogP contribution in [-0.2, 0) is 16.1 Å². The van der Waals surface area contributed by atoms with E-state index in [1.165, 1.54) is 20.4 Å². The standard InChI is InChI=1S/C17H21N3O6/c1-9(2)14(17(23)24)19-12(21)8-20-16(22)13-10(7-18-20)5-6-11(25-3)15(13)26-4/h5-7,9,14H,8H2,1-4H3,(H,19,21)(H,23,24)/t14-/m0/s1. The van der Waals surface area contributed by atoms with Crippen LogP contribution in [0.25, 0.3) is 10.8 Å². The Labute approximate surface area is 149 Å². The van der Waals surface area contributed by atoms with Crippen LogP contribution >= 0.6 is 0 Å². The van der Waals surface area contributed by atoms with Crippen molar-refractivity contribution in [1.82, 2.24) is 15.1 Å². The Bertz CT molecular complexity index is 890. The van der Waals surface area contributed by atoms with Gasteiger partial charge in [0.2, 0.25) is 5.91 Å². The summed E-state index contributed by atoms with van der Waals surface area (Å²) in [7, 11) is 2.86. The van der Waals surface area contributed by atoms with Crippen molar-refractivity contribution in [3.8, 4) is 11.5 Å². The van der Waals surface area contributed by atoms with E-state index in [0.29, 0.717) is 11.1 Å². The molecule has 1 atom stereocenters. The zero-order valence-corrected chi connectivity index (χ0v) is 15.0. The molecule has 0 unspecified atom stereocenters. The molecule has 1 aromatic heterocycles. The molecule has 1 amide bonds. The summed E-state index contributed by atoms with van der Waals surface area (Å²) in [4.78, 5) is 36.1. The van der Waals surface area contributed by atoms with Crippen molar-refractivity contribution in [3.63, 3.8) is 0 Å². The lowest BCUT2D eigenvalue weighted by atomic mass is 10.1. The predicted molar refractivity (Wildman–Crippen MR) is 93.5 cm³/mol. The molecule has 0 saturated carbocycles. The molecule has 0 spiro atoms. The van der Waals surface area contributed by atoms with E-state index in [1.807, 2.05) is 0 Å². The number of benzene rings is 1. The van der Waals surface area contributed by atoms with Crippen LogP contribution in [0.2, 0.25) is 0 Å². The maximum Gasteiger partial charge on any atom is 0.326 e. The van der Waals surface area contributed by atoms with E-state index >= 15 is 0 Å². The molecule has 1 aromatic carbocycles. The topological polar surface area (TPSA) is 120 Å². The Morgan fingerprint density at radius 2 is 1.96 bits per heavy atom. The summed E-state index contributed by atoms with van der Waals surface area (Å²) < 4.78 is 11.4. The molecule has 0 radical (unpaired) electrons. The van der Waals surface area contributed by atoms with Crippen molar-refractivity contribution < 1.29 is 24.2 Å². The van der Waals surface area contributed by atoms with E-state index in [1.54, 1.807) is 26.0 Å². The van der Waals surface area contributed by atoms with Gasteiger partial charge in [0.25, 0.3) is 5.56 Å². The van der Waals surface area contributed by atoms with Gasteiger partial charge in [0.05, 0.1) is 25.8 Å². The van der Waals surface area contributed by atoms with E-state index in [-0.39, 0.29) is 17.1 Å². The summed E-state index contributed by atoms with van der Waals surface area (Å²) in [6.45, 7) is 2.94. The van der Waals surface area contributed by atoms with Crippen molar-refractivity contribution in [3.05, 3.63) is 28.7 Å². The number of carbonyl (C=O) groups excluding carboxylic acids is 1. The maximum atomic E-state index is 12.7. The number of carboxylic acid groups (broad SMARTS) is 1. The summed E-state index contributed by atoms with van der Waals surface area (Å²) in [5, 5.41) is 16.3. The summed E-state index contributed by atoms with van der Waals surface area (Å²) >= 11 is 0. The second-order valence-electron chi connectivity index (χ2n) is 6.00. The van der Waals surface area contributed by atoms with E-state index in [0.717, 1.165) is 4.68 Å². The first-order valence-electron chi connectivity index (χ1n) is 7.93. The highest BCUT2D eigenvalue weighted by molar-refractivity contribution is 5.89. The minimum Gasteiger partial charge on any atom is -0.493 e. The molecular weight excluding hydrogens is 342 g/mol. The fraction of sp³-hybridized carbons (Fsp3) is 0.412. The summed E-state index contributed by atoms with van der Waals surface area (Å²) in [5.74, 6) is -1.44. The average Bonchev–Trinajstić information content (AvgIpc) is 2.60. The molecule has 0 aliphatic rings. The first-order valence-corrected chi connectivity index (χ1v) is 7.93. The van der Waals surface area contributed by atoms with Gasteiger partial charge in [0.1, 0.15) is 12.6 Å². The molecule has 0 bridgehead atoms. The van der Waals surface area contributed by atoms with Crippen molar-refractivity contribution in [2.75, 3.05) is 14.2 Å². The molecule has 1 heterocycles. The molecule has 0 fully saturated rings. The number of hydrogen-bond acceptors (Lipinski definition) is 6. The molecule has 2 N–H and O–H groups in total. The van der Waals surface area contributed by atoms with Gasteiger partial charge in [-0.2, -0.15) is 5.10 Å². The lowest BCUT2D eigenvalue weighted by Crippen LogP contribution is -2.46. The van der Waals surface area contributed by atoms with Gasteiger partial charge in [-0.15, -0.1) is 0 Å². The molecule has 0 aliphatic carbocycles. The van der Waals surface area contributed by atoms with Crippen LogP contribution in [0.3, 0.4) is 0 Å². The molecule has 9 heteroatoms. The number of carbonyl (C=O) groups is 2. The van der Waals surface area contributed by atoms with E-state index in [9.17, 15) is 14.4 Å². The van der Waals surface area contributed by atoms with Gasteiger partial charge < -0.3 is 19.9 Å². The molecule has 2 rings (SSSR count). The Hall–Kier alpha value is -3.10. The minimum absolute atomic E-state index is 0.230. The number of methoxy groups -OCH3 is 2. The number of nitrogens with one attached hydrogen (secondary N) is 1. The second kappa shape index (κ2) is 7.85. The first kappa shape index (κ1) is 19.2. The average molecular weight is 363 g/mol. The van der Waals surface area contributed by atoms with E-state index in [4.69, 9.17) is 14.6 Å². The van der Waals surface area contributed by atoms with Crippen molar-refractivity contribution >= 4 is 22.6 Å². The number of carboxylic acids is 1. The first-order chi connectivity index (χ1) is 12.3. The molecule has 0 aliphatic heterocycles. The zero-order chi connectivity index (χ0) is 19.4. The fourth-order valence-electron chi connectivity index (χ4n) is 2.57. The number of hydrogen-bond donors (Lipinski definition) is 2. The Balaban J connectivity index is 2.39. The van der Waals surface area contributed by atoms with Gasteiger partial charge in [-0.25, -0.2) is 9.48 Å². The van der Waals surface area contributed by atoms with Crippen molar-refractivity contribution in [1.29, 1.82) is 0 Å². The Morgan fingerprint density at radius 3 is 2.50 bits per heavy atom. The number of amides is 1. The number of ether oxygens (including phenoxy) is 2. The number of nitrogens with zero attached hydrogens (tertiary/aromatic N) is 2. The monoisotopic (exact) mass is 363 g/mol. The quantitative estimate of drug-likeness (QED) is 0.741. The van der Waals surface area contributed by atoms with Crippen molar-refractivity contribution in [2.45, 2.75) is 26.4 Å². The largest absolute Gasteiger partial charge is 0.493 e. The van der Waals surface area contributed by atoms with Gasteiger partial charge in [0.15, 0.2) is 11.5 Å². The highest BCUT2D eigenvalue weighted by Gasteiger charge is 2.24. The van der Waals surface area contributed by atoms with E-state index < -0.39 is 30.0 Å². The summed E-state index contributed by atoms with van der Waals surface area (Å²) in [6.07, 6.45) is 1.43. The minimum atomic E-state index is -1.14. The highest BCUT2D eigenvalue weighted by Crippen LogP contribution is 2.32. The van der Waals surface area contributed by atoms with Crippen LogP contribution in [0.15, 0.2) is 23.1 Å². The van der Waals surface area contributed by atoms with Crippen LogP contribution in [0.1, 0.15) is 13.8 Å². The van der Waals surface area contributed by atoms with Crippen LogP contribution in [0.4, 0.5) is 0 Å². The molecule has 140 valence electrons. The van der Waals surface area contributed by atoms with Gasteiger partial charge in [0, 0.05) is 5.39 Å². The number of fused-ring (bicyclic) bond motifs is 1. The number of aliphatic carboxylic acids is 1. The van der Waals surface area contributed by atoms with Gasteiger partial charge >= 0.3 is 5.97 Å². The Kier molecular flexibility index (Phi) is 5.81. The zero-order valence-electron chi connectivity index (χ0n) is 15.0. The SMILES string of the molecule is COc1ccc2cnn(CC(=O)N[C@H](C(=O)O)C(C)C)c(=O)c2c1OC. The molecule has 2 aromatic rings. The molecular formula is C17H21N3O6. The molecule has 0 saturated heterocycles. The molecule has 9 nitrogen and oxygen atoms in total. The normalized spacial score (nSPS) is 12.0. The number of aromatic nitrogens is 2. The maximum absolute atomic E-state index is 12.7. The highest BCUT2D eigenvalue weighted by atomic mass is 16.5. The van der Waals surface area contributed by atoms with Crippen LogP contribution < -0.4 is 20.3 Å². The lowest BCUT2D eigenvalue weighted by molar-refractivity contribution is -0.143. The van der Waals surface area contributed by atoms with Crippen LogP contribution in [0, 0.1) is 5.92 Å². The third kappa shape index (κ3) is 3.76. The fourth-order valence-corrected chi connectivity index (χ4v) is 2.57.